The maximum absolute atomic E-state index is 5.82. The highest BCUT2D eigenvalue weighted by Crippen LogP contribution is 2.10. The summed E-state index contributed by atoms with van der Waals surface area (Å²) in [6, 6.07) is 0. The summed E-state index contributed by atoms with van der Waals surface area (Å²) in [6.45, 7) is 1.91. The van der Waals surface area contributed by atoms with Gasteiger partial charge in [0.05, 0.1) is 18.1 Å². The van der Waals surface area contributed by atoms with Crippen LogP contribution < -0.4 is 0 Å². The zero-order valence-electron chi connectivity index (χ0n) is 5.95. The molecule has 2 aromatic heterocycles. The largest absolute Gasteiger partial charge is 0.287 e. The van der Waals surface area contributed by atoms with Crippen molar-refractivity contribution in [3.63, 3.8) is 0 Å². The van der Waals surface area contributed by atoms with E-state index in [1.807, 2.05) is 13.1 Å². The van der Waals surface area contributed by atoms with Crippen molar-refractivity contribution >= 4 is 17.2 Å². The molecule has 0 amide bonds. The Balaban J connectivity index is 2.87. The van der Waals surface area contributed by atoms with E-state index in [4.69, 9.17) is 11.6 Å². The van der Waals surface area contributed by atoms with Crippen LogP contribution in [-0.2, 0) is 0 Å². The fourth-order valence-corrected chi connectivity index (χ4v) is 1.14. The summed E-state index contributed by atoms with van der Waals surface area (Å²) in [5.41, 5.74) is 1.71. The normalized spacial score (nSPS) is 10.7. The van der Waals surface area contributed by atoms with E-state index in [1.54, 1.807) is 16.8 Å². The van der Waals surface area contributed by atoms with E-state index in [1.165, 1.54) is 0 Å². The summed E-state index contributed by atoms with van der Waals surface area (Å²) in [5.74, 6) is 0. The third-order valence-electron chi connectivity index (χ3n) is 1.48. The predicted molar refractivity (Wildman–Crippen MR) is 42.7 cm³/mol. The molecule has 0 unspecified atom stereocenters. The Bertz CT molecular complexity index is 393. The molecule has 56 valence electrons. The topological polar surface area (TPSA) is 30.2 Å². The highest BCUT2D eigenvalue weighted by atomic mass is 35.5. The molecule has 0 atom stereocenters. The standard InChI is InChI=1S/C7H6ClN3/c1-5-4-11-6(8)2-10-7(11)3-9-5/h2-4H,1H3. The Morgan fingerprint density at radius 1 is 1.36 bits per heavy atom. The molecule has 0 aliphatic carbocycles. The first-order valence-electron chi connectivity index (χ1n) is 3.22. The van der Waals surface area contributed by atoms with Crippen LogP contribution in [0.2, 0.25) is 5.15 Å². The number of aryl methyl sites for hydroxylation is 1. The van der Waals surface area contributed by atoms with E-state index in [2.05, 4.69) is 9.97 Å². The molecule has 0 radical (unpaired) electrons. The lowest BCUT2D eigenvalue weighted by Gasteiger charge is -1.94. The van der Waals surface area contributed by atoms with Gasteiger partial charge in [-0.2, -0.15) is 0 Å². The van der Waals surface area contributed by atoms with Crippen molar-refractivity contribution in [1.29, 1.82) is 0 Å². The molecule has 0 aliphatic heterocycles. The quantitative estimate of drug-likeness (QED) is 0.598. The minimum atomic E-state index is 0.616. The fourth-order valence-electron chi connectivity index (χ4n) is 0.956. The average Bonchev–Trinajstić information content (AvgIpc) is 2.33. The van der Waals surface area contributed by atoms with E-state index >= 15 is 0 Å². The van der Waals surface area contributed by atoms with Crippen molar-refractivity contribution in [1.82, 2.24) is 14.4 Å². The fraction of sp³-hybridized carbons (Fsp3) is 0.143. The van der Waals surface area contributed by atoms with Crippen LogP contribution in [0, 0.1) is 6.92 Å². The van der Waals surface area contributed by atoms with Gasteiger partial charge in [-0.3, -0.25) is 9.38 Å². The van der Waals surface area contributed by atoms with Crippen molar-refractivity contribution < 1.29 is 0 Å². The third-order valence-corrected chi connectivity index (χ3v) is 1.76. The molecule has 0 bridgehead atoms. The van der Waals surface area contributed by atoms with Crippen LogP contribution in [0.3, 0.4) is 0 Å². The predicted octanol–water partition coefficient (Wildman–Crippen LogP) is 1.69. The van der Waals surface area contributed by atoms with Gasteiger partial charge in [-0.05, 0) is 6.92 Å². The second-order valence-electron chi connectivity index (χ2n) is 2.34. The number of rotatable bonds is 0. The molecule has 0 saturated heterocycles. The van der Waals surface area contributed by atoms with Crippen molar-refractivity contribution in [3.8, 4) is 0 Å². The summed E-state index contributed by atoms with van der Waals surface area (Å²) in [5, 5.41) is 0.616. The summed E-state index contributed by atoms with van der Waals surface area (Å²) < 4.78 is 1.80. The van der Waals surface area contributed by atoms with Crippen LogP contribution in [-0.4, -0.2) is 14.4 Å². The van der Waals surface area contributed by atoms with Crippen LogP contribution >= 0.6 is 11.6 Å². The molecule has 11 heavy (non-hydrogen) atoms. The van der Waals surface area contributed by atoms with Gasteiger partial charge in [0, 0.05) is 6.20 Å². The van der Waals surface area contributed by atoms with E-state index in [-0.39, 0.29) is 0 Å². The summed E-state index contributed by atoms with van der Waals surface area (Å²) in [4.78, 5) is 8.11. The van der Waals surface area contributed by atoms with Gasteiger partial charge in [0.25, 0.3) is 0 Å². The lowest BCUT2D eigenvalue weighted by Crippen LogP contribution is -1.88. The molecule has 4 heteroatoms. The molecular formula is C7H6ClN3. The lowest BCUT2D eigenvalue weighted by atomic mass is 10.5. The zero-order valence-corrected chi connectivity index (χ0v) is 6.71. The van der Waals surface area contributed by atoms with Gasteiger partial charge in [-0.15, -0.1) is 0 Å². The Labute approximate surface area is 68.7 Å². The lowest BCUT2D eigenvalue weighted by molar-refractivity contribution is 1.07. The van der Waals surface area contributed by atoms with Crippen molar-refractivity contribution in [2.24, 2.45) is 0 Å². The van der Waals surface area contributed by atoms with Crippen LogP contribution in [0.25, 0.3) is 5.65 Å². The molecule has 0 aromatic carbocycles. The van der Waals surface area contributed by atoms with Crippen molar-refractivity contribution in [2.45, 2.75) is 6.92 Å². The minimum absolute atomic E-state index is 0.616. The zero-order chi connectivity index (χ0) is 7.84. The molecule has 0 spiro atoms. The number of aromatic nitrogens is 3. The van der Waals surface area contributed by atoms with Gasteiger partial charge in [-0.25, -0.2) is 4.98 Å². The molecule has 3 nitrogen and oxygen atoms in total. The Kier molecular flexibility index (Phi) is 1.32. The van der Waals surface area contributed by atoms with Crippen LogP contribution in [0.1, 0.15) is 5.69 Å². The van der Waals surface area contributed by atoms with E-state index in [0.717, 1.165) is 11.3 Å². The first kappa shape index (κ1) is 6.61. The smallest absolute Gasteiger partial charge is 0.156 e. The number of fused-ring (bicyclic) bond motifs is 1. The molecule has 0 N–H and O–H groups in total. The van der Waals surface area contributed by atoms with Gasteiger partial charge < -0.3 is 0 Å². The minimum Gasteiger partial charge on any atom is -0.287 e. The average molecular weight is 168 g/mol. The second-order valence-corrected chi connectivity index (χ2v) is 2.73. The number of halogens is 1. The number of nitrogens with zero attached hydrogens (tertiary/aromatic N) is 3. The molecule has 0 fully saturated rings. The SMILES string of the molecule is Cc1cn2c(Cl)cnc2cn1. The first-order valence-corrected chi connectivity index (χ1v) is 3.60. The van der Waals surface area contributed by atoms with Gasteiger partial charge >= 0.3 is 0 Å². The molecule has 2 rings (SSSR count). The second kappa shape index (κ2) is 2.20. The summed E-state index contributed by atoms with van der Waals surface area (Å²) in [6.07, 6.45) is 5.16. The van der Waals surface area contributed by atoms with Crippen molar-refractivity contribution in [3.05, 3.63) is 29.4 Å². The maximum Gasteiger partial charge on any atom is 0.156 e. The molecule has 2 heterocycles. The number of imidazole rings is 1. The monoisotopic (exact) mass is 167 g/mol. The summed E-state index contributed by atoms with van der Waals surface area (Å²) in [7, 11) is 0. The maximum atomic E-state index is 5.82. The Hall–Kier alpha value is -1.09. The van der Waals surface area contributed by atoms with E-state index < -0.39 is 0 Å². The number of hydrogen-bond acceptors (Lipinski definition) is 2. The highest BCUT2D eigenvalue weighted by Gasteiger charge is 1.98. The number of hydrogen-bond donors (Lipinski definition) is 0. The van der Waals surface area contributed by atoms with E-state index in [0.29, 0.717) is 5.15 Å². The Morgan fingerprint density at radius 2 is 2.18 bits per heavy atom. The third kappa shape index (κ3) is 0.973. The van der Waals surface area contributed by atoms with Crippen LogP contribution in [0.15, 0.2) is 18.6 Å². The molecular weight excluding hydrogens is 162 g/mol. The van der Waals surface area contributed by atoms with Gasteiger partial charge in [0.2, 0.25) is 0 Å². The van der Waals surface area contributed by atoms with Gasteiger partial charge in [-0.1, -0.05) is 11.6 Å². The Morgan fingerprint density at radius 3 is 3.00 bits per heavy atom. The molecule has 2 aromatic rings. The van der Waals surface area contributed by atoms with Crippen LogP contribution in [0.5, 0.6) is 0 Å². The summed E-state index contributed by atoms with van der Waals surface area (Å²) >= 11 is 5.82. The van der Waals surface area contributed by atoms with E-state index in [9.17, 15) is 0 Å². The first-order chi connectivity index (χ1) is 5.27. The van der Waals surface area contributed by atoms with Crippen LogP contribution in [0.4, 0.5) is 0 Å². The highest BCUT2D eigenvalue weighted by molar-refractivity contribution is 6.29. The molecule has 0 saturated carbocycles. The van der Waals surface area contributed by atoms with Gasteiger partial charge in [0.1, 0.15) is 5.15 Å². The molecule has 0 aliphatic rings. The van der Waals surface area contributed by atoms with Crippen molar-refractivity contribution in [2.75, 3.05) is 0 Å². The van der Waals surface area contributed by atoms with Gasteiger partial charge in [0.15, 0.2) is 5.65 Å².